The van der Waals surface area contributed by atoms with Crippen molar-refractivity contribution < 1.29 is 0 Å². The van der Waals surface area contributed by atoms with Crippen molar-refractivity contribution in [1.29, 1.82) is 0 Å². The van der Waals surface area contributed by atoms with E-state index in [1.165, 1.54) is 288 Å². The highest BCUT2D eigenvalue weighted by atomic mass is 32.2. The zero-order valence-corrected chi connectivity index (χ0v) is 89.2. The van der Waals surface area contributed by atoms with Gasteiger partial charge in [0.1, 0.15) is 0 Å². The molecule has 0 atom stereocenters. The van der Waals surface area contributed by atoms with Gasteiger partial charge in [-0.05, 0) is 195 Å². The minimum absolute atomic E-state index is 0.283. The molecule has 0 nitrogen and oxygen atoms in total. The van der Waals surface area contributed by atoms with Crippen LogP contribution in [0.15, 0.2) is 545 Å². The fourth-order valence-electron chi connectivity index (χ4n) is 25.1. The van der Waals surface area contributed by atoms with Gasteiger partial charge >= 0.3 is 0 Å². The Kier molecular flexibility index (Phi) is 20.4. The molecule has 0 radical (unpaired) electrons. The quantitative estimate of drug-likeness (QED) is 0.132. The van der Waals surface area contributed by atoms with E-state index in [0.29, 0.717) is 47.0 Å². The van der Waals surface area contributed by atoms with E-state index < -0.39 is 0 Å². The minimum atomic E-state index is 0.283. The van der Waals surface area contributed by atoms with E-state index in [1.807, 2.05) is 188 Å². The predicted octanol–water partition coefficient (Wildman–Crippen LogP) is 18.3. The molecular weight excluding hydrogens is 2040 g/mol. The third-order valence-electron chi connectivity index (χ3n) is 31.0. The van der Waals surface area contributed by atoms with Gasteiger partial charge in [0.15, 0.2) is 0 Å². The van der Waals surface area contributed by atoms with Gasteiger partial charge in [-0.25, -0.2) is 0 Å². The van der Waals surface area contributed by atoms with Crippen molar-refractivity contribution in [3.63, 3.8) is 0 Å². The monoisotopic (exact) mass is 2100 g/mol. The molecule has 16 heterocycles. The Balaban J connectivity index is 0.0000000844. The van der Waals surface area contributed by atoms with Gasteiger partial charge in [0.05, 0.1) is 0 Å². The lowest BCUT2D eigenvalue weighted by molar-refractivity contribution is 1.14. The first kappa shape index (κ1) is 86.5. The van der Waals surface area contributed by atoms with Gasteiger partial charge in [-0.1, -0.05) is 513 Å². The summed E-state index contributed by atoms with van der Waals surface area (Å²) in [6, 6.07) is 147. The van der Waals surface area contributed by atoms with Crippen LogP contribution in [-0.4, -0.2) is 53.7 Å². The van der Waals surface area contributed by atoms with Crippen LogP contribution in [0.4, 0.5) is 0 Å². The molecule has 20 aromatic carbocycles. The average molecular weight is 2110 g/mol. The molecule has 16 aliphatic rings. The molecule has 0 spiro atoms. The van der Waals surface area contributed by atoms with Crippen molar-refractivity contribution in [2.45, 2.75) is 157 Å². The molecule has 664 valence electrons. The summed E-state index contributed by atoms with van der Waals surface area (Å²) in [6.45, 7) is 2.36. The molecule has 144 heavy (non-hydrogen) atoms. The van der Waals surface area contributed by atoms with E-state index in [-0.39, 0.29) is 6.71 Å². The minimum Gasteiger partial charge on any atom is -0.0916 e. The largest absolute Gasteiger partial charge is 0.248 e. The van der Waals surface area contributed by atoms with Crippen molar-refractivity contribution in [3.05, 3.63) is 388 Å². The normalized spacial score (nSPS) is 15.2. The molecule has 24 heteroatoms. The molecule has 0 aromatic heterocycles. The lowest BCUT2D eigenvalue weighted by Gasteiger charge is -2.40. The molecule has 0 N–H and O–H groups in total. The zero-order chi connectivity index (χ0) is 93.5. The SMILES string of the molecule is c1ccc2c(c1)Sc1c3c4c(c5c1B2c1ccccc1S5)Sc1ccccc1B4c1ccccc1S3.c1ccc2c(c1)Sc1cccc3c1B2c1cc2c(cc1S3)B1c3ccccc3Sc3cccc(c31)S2.c1ccc2c(c1)Sc1cccc3c1B2c1cc2c(cc1S3)Sc1cccc3c1B2c1ccccc1S3.c1ccc2c(c1)Sc1cccc3c1B2c1ccc2c(c1S3)B1c3ccccc3Sc3cccc(c31)S2. The number of rotatable bonds is 0. The number of hydrogen-bond donors (Lipinski definition) is 0. The summed E-state index contributed by atoms with van der Waals surface area (Å²) in [5, 5.41) is 0. The molecule has 0 unspecified atom stereocenters. The Morgan fingerprint density at radius 1 is 0.0903 bits per heavy atom. The van der Waals surface area contributed by atoms with E-state index in [2.05, 4.69) is 388 Å². The Labute approximate surface area is 907 Å². The second-order valence-electron chi connectivity index (χ2n) is 38.4. The van der Waals surface area contributed by atoms with Crippen LogP contribution in [0.1, 0.15) is 0 Å². The van der Waals surface area contributed by atoms with E-state index >= 15 is 0 Å². The highest BCUT2D eigenvalue weighted by Gasteiger charge is 2.52. The molecular formula is C120H64B8S16. The highest BCUT2D eigenvalue weighted by Crippen LogP contribution is 2.54. The van der Waals surface area contributed by atoms with E-state index in [0.717, 1.165) is 0 Å². The van der Waals surface area contributed by atoms with Gasteiger partial charge in [-0.3, -0.25) is 0 Å². The summed E-state index contributed by atoms with van der Waals surface area (Å²) in [6.07, 6.45) is 0. The summed E-state index contributed by atoms with van der Waals surface area (Å²) in [7, 11) is 0. The van der Waals surface area contributed by atoms with Gasteiger partial charge < -0.3 is 0 Å². The predicted molar refractivity (Wildman–Crippen MR) is 632 cm³/mol. The van der Waals surface area contributed by atoms with Gasteiger partial charge in [0.2, 0.25) is 53.7 Å². The molecule has 0 fully saturated rings. The summed E-state index contributed by atoms with van der Waals surface area (Å²) < 4.78 is 0. The fourth-order valence-corrected chi connectivity index (χ4v) is 45.4. The summed E-state index contributed by atoms with van der Waals surface area (Å²) >= 11 is 31.4. The maximum atomic E-state index is 2.58. The van der Waals surface area contributed by atoms with Crippen LogP contribution in [0, 0.1) is 0 Å². The number of fused-ring (bicyclic) bond motifs is 35. The smallest absolute Gasteiger partial charge is 0.0916 e. The molecule has 36 rings (SSSR count). The Bertz CT molecular complexity index is 8580. The molecule has 0 saturated heterocycles. The number of hydrogen-bond acceptors (Lipinski definition) is 16. The van der Waals surface area contributed by atoms with E-state index in [1.54, 1.807) is 0 Å². The Morgan fingerprint density at radius 3 is 0.521 bits per heavy atom. The van der Waals surface area contributed by atoms with Crippen LogP contribution >= 0.6 is 188 Å². The summed E-state index contributed by atoms with van der Waals surface area (Å²) in [4.78, 5) is 45.4. The first-order valence-corrected chi connectivity index (χ1v) is 61.7. The maximum Gasteiger partial charge on any atom is 0.248 e. The van der Waals surface area contributed by atoms with Crippen molar-refractivity contribution in [2.75, 3.05) is 0 Å². The third-order valence-corrected chi connectivity index (χ3v) is 50.1. The van der Waals surface area contributed by atoms with Crippen LogP contribution < -0.4 is 131 Å². The second-order valence-corrected chi connectivity index (χ2v) is 55.6. The first-order valence-electron chi connectivity index (χ1n) is 48.7. The standard InChI is InChI=1S/4C30H16B2S4/c1-5-13-21-17(9-1)31-18-10-2-6-14-22(18)34-28-25(31)27(33-21)29-26-30(28)36-24-16-8-4-12-20(24)32(26)19-11-3-7-15-23(19)35-29;1-3-9-20-17(7-1)31-19-15-16-26-29(30(19)36-25-14-6-11-22(33-20)27(25)31)32-18-8-2-4-10-21(18)34-23-12-5-13-24(35-26)28(23)32;1-3-9-21-17(7-1)31-19-15-28-20(16-27(19)35-25-13-5-11-23(33-21)29(25)31)32-18-8-2-4-10-22(18)34-24-12-6-14-26(36-28)30(24)32;1-3-9-21-17(7-1)31-19-15-20-28(16-27(19)35-25-13-5-11-23(33-21)29(25)31)36-26-14-6-12-24-30(26)32(20)18-8-2-4-10-22(18)34-24/h4*1-16H. The van der Waals surface area contributed by atoms with Gasteiger partial charge in [-0.15, -0.1) is 0 Å². The Hall–Kier alpha value is -9.48. The second kappa shape index (κ2) is 34.0. The summed E-state index contributed by atoms with van der Waals surface area (Å²) in [5.41, 5.74) is 35.5. The molecule has 0 aliphatic carbocycles. The van der Waals surface area contributed by atoms with Gasteiger partial charge in [-0.2, -0.15) is 0 Å². The lowest BCUT2D eigenvalue weighted by atomic mass is 9.33. The molecule has 20 aromatic rings. The van der Waals surface area contributed by atoms with E-state index in [4.69, 9.17) is 0 Å². The topological polar surface area (TPSA) is 0 Å². The van der Waals surface area contributed by atoms with Crippen LogP contribution in [0.25, 0.3) is 0 Å². The molecule has 0 saturated carbocycles. The molecule has 16 aliphatic heterocycles. The van der Waals surface area contributed by atoms with Crippen molar-refractivity contribution >= 4 is 373 Å². The molecule has 0 bridgehead atoms. The Morgan fingerprint density at radius 2 is 0.257 bits per heavy atom. The van der Waals surface area contributed by atoms with Crippen molar-refractivity contribution in [1.82, 2.24) is 0 Å². The van der Waals surface area contributed by atoms with Crippen molar-refractivity contribution in [2.24, 2.45) is 0 Å². The molecule has 0 amide bonds. The average Bonchev–Trinajstić information content (AvgIpc) is 0.684. The van der Waals surface area contributed by atoms with Crippen molar-refractivity contribution in [3.8, 4) is 0 Å². The number of benzene rings is 20. The van der Waals surface area contributed by atoms with Gasteiger partial charge in [0, 0.05) is 157 Å². The highest BCUT2D eigenvalue weighted by molar-refractivity contribution is 8.06. The van der Waals surface area contributed by atoms with Crippen LogP contribution in [0.5, 0.6) is 0 Å². The maximum absolute atomic E-state index is 2.58. The van der Waals surface area contributed by atoms with Crippen LogP contribution in [0.2, 0.25) is 0 Å². The third kappa shape index (κ3) is 13.1. The lowest BCUT2D eigenvalue weighted by Crippen LogP contribution is -2.63. The first-order chi connectivity index (χ1) is 71.4. The van der Waals surface area contributed by atoms with Crippen LogP contribution in [0.3, 0.4) is 0 Å². The van der Waals surface area contributed by atoms with Gasteiger partial charge in [0.25, 0.3) is 0 Å². The van der Waals surface area contributed by atoms with E-state index in [9.17, 15) is 0 Å². The summed E-state index contributed by atoms with van der Waals surface area (Å²) in [5.74, 6) is 0. The zero-order valence-electron chi connectivity index (χ0n) is 76.1. The fraction of sp³-hybridized carbons (Fsp3) is 0. The van der Waals surface area contributed by atoms with Crippen LogP contribution in [-0.2, 0) is 0 Å².